The molecule has 0 aliphatic carbocycles. The molecule has 1 N–H and O–H groups in total. The van der Waals surface area contributed by atoms with E-state index < -0.39 is 0 Å². The Bertz CT molecular complexity index is 402. The van der Waals surface area contributed by atoms with E-state index in [4.69, 9.17) is 4.74 Å². The molecule has 1 aliphatic heterocycles. The van der Waals surface area contributed by atoms with Gasteiger partial charge < -0.3 is 15.0 Å². The van der Waals surface area contributed by atoms with Gasteiger partial charge in [0.25, 0.3) is 0 Å². The lowest BCUT2D eigenvalue weighted by Gasteiger charge is -2.31. The van der Waals surface area contributed by atoms with Crippen LogP contribution in [0.1, 0.15) is 31.5 Å². The van der Waals surface area contributed by atoms with Crippen molar-refractivity contribution < 1.29 is 4.74 Å². The van der Waals surface area contributed by atoms with Crippen molar-refractivity contribution in [3.8, 4) is 5.75 Å². The van der Waals surface area contributed by atoms with Gasteiger partial charge in [-0.1, -0.05) is 6.92 Å². The summed E-state index contributed by atoms with van der Waals surface area (Å²) in [4.78, 5) is 2.18. The molecule has 2 unspecified atom stereocenters. The van der Waals surface area contributed by atoms with E-state index >= 15 is 0 Å². The number of likely N-dealkylation sites (N-methyl/N-ethyl adjacent to an activating group) is 1. The molecule has 19 heavy (non-hydrogen) atoms. The molecule has 0 radical (unpaired) electrons. The van der Waals surface area contributed by atoms with Crippen molar-refractivity contribution in [1.29, 1.82) is 0 Å². The van der Waals surface area contributed by atoms with Crippen molar-refractivity contribution in [2.24, 2.45) is 5.92 Å². The van der Waals surface area contributed by atoms with Crippen LogP contribution in [0, 0.1) is 5.92 Å². The summed E-state index contributed by atoms with van der Waals surface area (Å²) in [5.41, 5.74) is 1.21. The van der Waals surface area contributed by atoms with Crippen LogP contribution in [0.25, 0.3) is 0 Å². The normalized spacial score (nSPS) is 23.8. The predicted octanol–water partition coefficient (Wildman–Crippen LogP) is 1.51. The van der Waals surface area contributed by atoms with E-state index in [0.717, 1.165) is 25.4 Å². The lowest BCUT2D eigenvalue weighted by molar-refractivity contribution is 0.275. The molecule has 0 aromatic carbocycles. The number of aromatic nitrogens is 2. The molecular weight excluding hydrogens is 240 g/mol. The molecule has 5 heteroatoms. The second-order valence-electron chi connectivity index (χ2n) is 5.68. The Morgan fingerprint density at radius 3 is 2.95 bits per heavy atom. The van der Waals surface area contributed by atoms with Crippen LogP contribution in [0.2, 0.25) is 0 Å². The molecule has 1 aliphatic rings. The van der Waals surface area contributed by atoms with Gasteiger partial charge in [0.1, 0.15) is 0 Å². The summed E-state index contributed by atoms with van der Waals surface area (Å²) in [6.07, 6.45) is 4.36. The van der Waals surface area contributed by atoms with Gasteiger partial charge in [0.05, 0.1) is 31.6 Å². The first kappa shape index (κ1) is 14.3. The number of piperidine rings is 1. The van der Waals surface area contributed by atoms with Gasteiger partial charge in [0.15, 0.2) is 5.75 Å². The first-order valence-electron chi connectivity index (χ1n) is 7.11. The fraction of sp³-hybridized carbons (Fsp3) is 0.786. The van der Waals surface area contributed by atoms with Crippen molar-refractivity contribution in [2.45, 2.75) is 32.4 Å². The molecule has 108 valence electrons. The fourth-order valence-electron chi connectivity index (χ4n) is 2.74. The molecule has 1 aromatic heterocycles. The van der Waals surface area contributed by atoms with Crippen molar-refractivity contribution in [2.75, 3.05) is 34.3 Å². The van der Waals surface area contributed by atoms with Gasteiger partial charge in [-0.2, -0.15) is 5.10 Å². The quantitative estimate of drug-likeness (QED) is 0.877. The van der Waals surface area contributed by atoms with Crippen molar-refractivity contribution in [1.82, 2.24) is 20.0 Å². The monoisotopic (exact) mass is 266 g/mol. The molecule has 1 aromatic rings. The smallest absolute Gasteiger partial charge is 0.161 e. The summed E-state index contributed by atoms with van der Waals surface area (Å²) >= 11 is 0. The third-order valence-electron chi connectivity index (χ3n) is 3.89. The third-order valence-corrected chi connectivity index (χ3v) is 3.89. The molecule has 0 amide bonds. The summed E-state index contributed by atoms with van der Waals surface area (Å²) in [5.74, 6) is 1.53. The van der Waals surface area contributed by atoms with Crippen LogP contribution in [0.15, 0.2) is 6.20 Å². The maximum Gasteiger partial charge on any atom is 0.161 e. The molecule has 2 heterocycles. The molecular formula is C14H26N4O. The zero-order chi connectivity index (χ0) is 13.8. The summed E-state index contributed by atoms with van der Waals surface area (Å²) in [5, 5.41) is 8.11. The van der Waals surface area contributed by atoms with Gasteiger partial charge in [-0.25, -0.2) is 0 Å². The molecule has 1 saturated heterocycles. The van der Waals surface area contributed by atoms with Gasteiger partial charge in [-0.15, -0.1) is 0 Å². The van der Waals surface area contributed by atoms with Crippen LogP contribution in [0.3, 0.4) is 0 Å². The first-order valence-corrected chi connectivity index (χ1v) is 7.11. The highest BCUT2D eigenvalue weighted by molar-refractivity contribution is 5.29. The lowest BCUT2D eigenvalue weighted by atomic mass is 9.90. The summed E-state index contributed by atoms with van der Waals surface area (Å²) < 4.78 is 7.59. The molecule has 1 fully saturated rings. The maximum absolute atomic E-state index is 5.50. The zero-order valence-electron chi connectivity index (χ0n) is 12.5. The fourth-order valence-corrected chi connectivity index (χ4v) is 2.74. The minimum Gasteiger partial charge on any atom is -0.493 e. The average molecular weight is 266 g/mol. The van der Waals surface area contributed by atoms with E-state index in [1.807, 2.05) is 6.20 Å². The number of rotatable bonds is 5. The number of ether oxygens (including phenoxy) is 1. The van der Waals surface area contributed by atoms with Crippen LogP contribution in [0.4, 0.5) is 0 Å². The van der Waals surface area contributed by atoms with Gasteiger partial charge in [-0.05, 0) is 39.4 Å². The Morgan fingerprint density at radius 2 is 2.32 bits per heavy atom. The van der Waals surface area contributed by atoms with E-state index in [9.17, 15) is 0 Å². The summed E-state index contributed by atoms with van der Waals surface area (Å²) in [6.45, 7) is 5.27. The Labute approximate surface area is 115 Å². The molecule has 2 rings (SSSR count). The Balaban J connectivity index is 2.22. The minimum atomic E-state index is 0.355. The molecule has 2 atom stereocenters. The van der Waals surface area contributed by atoms with Crippen LogP contribution in [0.5, 0.6) is 5.75 Å². The highest BCUT2D eigenvalue weighted by atomic mass is 16.5. The topological polar surface area (TPSA) is 42.3 Å². The number of hydrogen-bond acceptors (Lipinski definition) is 4. The SMILES string of the molecule is COc1cnn(CCN(C)C)c1C1NCCCC1C. The minimum absolute atomic E-state index is 0.355. The second-order valence-corrected chi connectivity index (χ2v) is 5.68. The van der Waals surface area contributed by atoms with Crippen LogP contribution >= 0.6 is 0 Å². The largest absolute Gasteiger partial charge is 0.493 e. The van der Waals surface area contributed by atoms with Crippen molar-refractivity contribution in [3.05, 3.63) is 11.9 Å². The van der Waals surface area contributed by atoms with Gasteiger partial charge >= 0.3 is 0 Å². The predicted molar refractivity (Wildman–Crippen MR) is 76.5 cm³/mol. The summed E-state index contributed by atoms with van der Waals surface area (Å²) in [7, 11) is 5.90. The van der Waals surface area contributed by atoms with Crippen molar-refractivity contribution >= 4 is 0 Å². The molecule has 5 nitrogen and oxygen atoms in total. The Hall–Kier alpha value is -1.07. The first-order chi connectivity index (χ1) is 9.13. The lowest BCUT2D eigenvalue weighted by Crippen LogP contribution is -2.35. The Morgan fingerprint density at radius 1 is 1.53 bits per heavy atom. The van der Waals surface area contributed by atoms with Crippen LogP contribution in [-0.2, 0) is 6.54 Å². The van der Waals surface area contributed by atoms with E-state index in [1.165, 1.54) is 18.5 Å². The maximum atomic E-state index is 5.50. The van der Waals surface area contributed by atoms with Crippen LogP contribution in [-0.4, -0.2) is 49.0 Å². The van der Waals surface area contributed by atoms with Crippen LogP contribution < -0.4 is 10.1 Å². The third kappa shape index (κ3) is 3.28. The number of hydrogen-bond donors (Lipinski definition) is 1. The van der Waals surface area contributed by atoms with E-state index in [1.54, 1.807) is 7.11 Å². The molecule has 0 spiro atoms. The average Bonchev–Trinajstić information content (AvgIpc) is 2.79. The standard InChI is InChI=1S/C14H26N4O/c1-11-6-5-7-15-13(11)14-12(19-4)10-16-18(14)9-8-17(2)3/h10-11,13,15H,5-9H2,1-4H3. The van der Waals surface area contributed by atoms with Gasteiger partial charge in [0, 0.05) is 6.54 Å². The zero-order valence-corrected chi connectivity index (χ0v) is 12.5. The van der Waals surface area contributed by atoms with E-state index in [2.05, 4.69) is 41.0 Å². The Kier molecular flexibility index (Phi) is 4.82. The molecule has 0 saturated carbocycles. The number of nitrogens with one attached hydrogen (secondary N) is 1. The van der Waals surface area contributed by atoms with Gasteiger partial charge in [-0.3, -0.25) is 4.68 Å². The van der Waals surface area contributed by atoms with E-state index in [0.29, 0.717) is 12.0 Å². The number of nitrogens with zero attached hydrogens (tertiary/aromatic N) is 3. The highest BCUT2D eigenvalue weighted by Crippen LogP contribution is 2.34. The number of methoxy groups -OCH3 is 1. The highest BCUT2D eigenvalue weighted by Gasteiger charge is 2.28. The molecule has 0 bridgehead atoms. The second kappa shape index (κ2) is 6.39. The van der Waals surface area contributed by atoms with Gasteiger partial charge in [0.2, 0.25) is 0 Å². The van der Waals surface area contributed by atoms with E-state index in [-0.39, 0.29) is 0 Å². The van der Waals surface area contributed by atoms with Crippen molar-refractivity contribution in [3.63, 3.8) is 0 Å². The summed E-state index contributed by atoms with van der Waals surface area (Å²) in [6, 6.07) is 0.355.